The van der Waals surface area contributed by atoms with Crippen molar-refractivity contribution >= 4 is 22.5 Å². The molecule has 84 valence electrons. The highest BCUT2D eigenvalue weighted by Crippen LogP contribution is 2.29. The van der Waals surface area contributed by atoms with Gasteiger partial charge in [0.15, 0.2) is 5.58 Å². The molecular weight excluding hydrogens is 208 g/mol. The van der Waals surface area contributed by atoms with Gasteiger partial charge in [-0.15, -0.1) is 0 Å². The van der Waals surface area contributed by atoms with Crippen LogP contribution in [0.2, 0.25) is 0 Å². The van der Waals surface area contributed by atoms with Crippen molar-refractivity contribution in [3.8, 4) is 0 Å². The van der Waals surface area contributed by atoms with Crippen LogP contribution in [0.25, 0.3) is 11.0 Å². The molecule has 2 aromatic rings. The Morgan fingerprint density at radius 2 is 2.06 bits per heavy atom. The lowest BCUT2D eigenvalue weighted by atomic mass is 10.2. The molecular formula is C10H12N4O2. The maximum atomic E-state index is 5.74. The average molecular weight is 220 g/mol. The summed E-state index contributed by atoms with van der Waals surface area (Å²) in [4.78, 5) is 6.32. The van der Waals surface area contributed by atoms with E-state index in [9.17, 15) is 0 Å². The van der Waals surface area contributed by atoms with Gasteiger partial charge in [-0.2, -0.15) is 0 Å². The number of nitrogens with two attached hydrogens (primary N) is 1. The summed E-state index contributed by atoms with van der Waals surface area (Å²) in [6.07, 6.45) is 3.33. The zero-order valence-electron chi connectivity index (χ0n) is 8.72. The molecule has 3 heterocycles. The molecule has 0 spiro atoms. The first-order chi connectivity index (χ1) is 7.86. The van der Waals surface area contributed by atoms with E-state index in [0.717, 1.165) is 37.4 Å². The van der Waals surface area contributed by atoms with E-state index in [1.165, 1.54) is 0 Å². The quantitative estimate of drug-likeness (QED) is 0.760. The molecule has 1 aliphatic heterocycles. The fourth-order valence-electron chi connectivity index (χ4n) is 1.90. The zero-order valence-corrected chi connectivity index (χ0v) is 8.72. The zero-order chi connectivity index (χ0) is 11.0. The smallest absolute Gasteiger partial charge is 0.195 e. The first kappa shape index (κ1) is 9.41. The number of hydrogen-bond donors (Lipinski definition) is 1. The van der Waals surface area contributed by atoms with Crippen molar-refractivity contribution in [1.82, 2.24) is 10.1 Å². The van der Waals surface area contributed by atoms with Gasteiger partial charge in [-0.25, -0.2) is 4.98 Å². The molecule has 0 amide bonds. The van der Waals surface area contributed by atoms with Crippen LogP contribution in [0.3, 0.4) is 0 Å². The molecule has 0 bridgehead atoms. The molecule has 1 saturated heterocycles. The van der Waals surface area contributed by atoms with E-state index in [0.29, 0.717) is 11.4 Å². The minimum Gasteiger partial charge on any atom is -0.383 e. The molecule has 16 heavy (non-hydrogen) atoms. The fraction of sp³-hybridized carbons (Fsp3) is 0.400. The highest BCUT2D eigenvalue weighted by atomic mass is 16.5. The van der Waals surface area contributed by atoms with Gasteiger partial charge in [0, 0.05) is 13.1 Å². The number of ether oxygens (including phenoxy) is 1. The van der Waals surface area contributed by atoms with E-state index in [1.54, 1.807) is 12.4 Å². The summed E-state index contributed by atoms with van der Waals surface area (Å²) in [6, 6.07) is 0. The maximum absolute atomic E-state index is 5.74. The van der Waals surface area contributed by atoms with Crippen LogP contribution in [0.1, 0.15) is 0 Å². The molecule has 3 rings (SSSR count). The van der Waals surface area contributed by atoms with Crippen LogP contribution in [0.15, 0.2) is 16.9 Å². The van der Waals surface area contributed by atoms with Crippen molar-refractivity contribution in [1.29, 1.82) is 0 Å². The second-order valence-corrected chi connectivity index (χ2v) is 3.70. The Morgan fingerprint density at radius 1 is 1.25 bits per heavy atom. The second-order valence-electron chi connectivity index (χ2n) is 3.70. The minimum atomic E-state index is 0.452. The van der Waals surface area contributed by atoms with Crippen LogP contribution in [0.5, 0.6) is 0 Å². The molecule has 6 heteroatoms. The number of fused-ring (bicyclic) bond motifs is 1. The second kappa shape index (κ2) is 3.64. The molecule has 0 atom stereocenters. The number of pyridine rings is 1. The van der Waals surface area contributed by atoms with Crippen molar-refractivity contribution in [2.75, 3.05) is 36.9 Å². The normalized spacial score (nSPS) is 16.9. The van der Waals surface area contributed by atoms with E-state index in [-0.39, 0.29) is 0 Å². The standard InChI is InChI=1S/C10H12N4O2/c11-10-7-5-13-16-9(7)8(6-12-10)14-1-3-15-4-2-14/h5-6H,1-4H2,(H2,11,12). The van der Waals surface area contributed by atoms with Gasteiger partial charge in [-0.1, -0.05) is 5.16 Å². The van der Waals surface area contributed by atoms with Gasteiger partial charge in [-0.3, -0.25) is 0 Å². The Morgan fingerprint density at radius 3 is 2.88 bits per heavy atom. The Bertz CT molecular complexity index is 504. The number of anilines is 2. The van der Waals surface area contributed by atoms with Gasteiger partial charge in [0.1, 0.15) is 11.5 Å². The Hall–Kier alpha value is -1.82. The lowest BCUT2D eigenvalue weighted by molar-refractivity contribution is 0.122. The van der Waals surface area contributed by atoms with E-state index >= 15 is 0 Å². The van der Waals surface area contributed by atoms with E-state index in [4.69, 9.17) is 15.0 Å². The SMILES string of the molecule is Nc1ncc(N2CCOCC2)c2oncc12. The van der Waals surface area contributed by atoms with Crippen LogP contribution in [-0.4, -0.2) is 36.4 Å². The van der Waals surface area contributed by atoms with Gasteiger partial charge in [-0.05, 0) is 0 Å². The van der Waals surface area contributed by atoms with Crippen LogP contribution < -0.4 is 10.6 Å². The van der Waals surface area contributed by atoms with Gasteiger partial charge < -0.3 is 19.9 Å². The molecule has 1 fully saturated rings. The summed E-state index contributed by atoms with van der Waals surface area (Å²) in [7, 11) is 0. The molecule has 1 aliphatic rings. The topological polar surface area (TPSA) is 77.4 Å². The lowest BCUT2D eigenvalue weighted by Gasteiger charge is -2.28. The van der Waals surface area contributed by atoms with E-state index in [1.807, 2.05) is 0 Å². The Labute approximate surface area is 92.0 Å². The summed E-state index contributed by atoms with van der Waals surface area (Å²) in [5.74, 6) is 0.452. The molecule has 0 saturated carbocycles. The van der Waals surface area contributed by atoms with Gasteiger partial charge in [0.25, 0.3) is 0 Å². The minimum absolute atomic E-state index is 0.452. The first-order valence-corrected chi connectivity index (χ1v) is 5.18. The van der Waals surface area contributed by atoms with Crippen molar-refractivity contribution < 1.29 is 9.26 Å². The maximum Gasteiger partial charge on any atom is 0.195 e. The Kier molecular flexibility index (Phi) is 2.14. The van der Waals surface area contributed by atoms with Gasteiger partial charge >= 0.3 is 0 Å². The van der Waals surface area contributed by atoms with Crippen LogP contribution in [0.4, 0.5) is 11.5 Å². The number of rotatable bonds is 1. The van der Waals surface area contributed by atoms with Gasteiger partial charge in [0.05, 0.1) is 31.0 Å². The van der Waals surface area contributed by atoms with Crippen molar-refractivity contribution in [2.24, 2.45) is 0 Å². The number of nitrogen functional groups attached to an aromatic ring is 1. The third-order valence-corrected chi connectivity index (χ3v) is 2.76. The van der Waals surface area contributed by atoms with E-state index < -0.39 is 0 Å². The monoisotopic (exact) mass is 220 g/mol. The van der Waals surface area contributed by atoms with E-state index in [2.05, 4.69) is 15.0 Å². The van der Waals surface area contributed by atoms with Crippen LogP contribution >= 0.6 is 0 Å². The Balaban J connectivity index is 2.08. The predicted molar refractivity (Wildman–Crippen MR) is 59.2 cm³/mol. The molecule has 0 aliphatic carbocycles. The number of morpholine rings is 1. The molecule has 6 nitrogen and oxygen atoms in total. The summed E-state index contributed by atoms with van der Waals surface area (Å²) < 4.78 is 10.5. The number of hydrogen-bond acceptors (Lipinski definition) is 6. The third-order valence-electron chi connectivity index (χ3n) is 2.76. The molecule has 2 aromatic heterocycles. The summed E-state index contributed by atoms with van der Waals surface area (Å²) in [5, 5.41) is 4.53. The fourth-order valence-corrected chi connectivity index (χ4v) is 1.90. The average Bonchev–Trinajstić information content (AvgIpc) is 2.81. The predicted octanol–water partition coefficient (Wildman–Crippen LogP) is 0.642. The highest BCUT2D eigenvalue weighted by Gasteiger charge is 2.18. The van der Waals surface area contributed by atoms with Crippen LogP contribution in [-0.2, 0) is 4.74 Å². The van der Waals surface area contributed by atoms with Crippen LogP contribution in [0, 0.1) is 0 Å². The largest absolute Gasteiger partial charge is 0.383 e. The molecule has 0 unspecified atom stereocenters. The first-order valence-electron chi connectivity index (χ1n) is 5.18. The number of nitrogens with zero attached hydrogens (tertiary/aromatic N) is 3. The van der Waals surface area contributed by atoms with Crippen molar-refractivity contribution in [3.05, 3.63) is 12.4 Å². The molecule has 2 N–H and O–H groups in total. The van der Waals surface area contributed by atoms with Crippen molar-refractivity contribution in [3.63, 3.8) is 0 Å². The number of aromatic nitrogens is 2. The summed E-state index contributed by atoms with van der Waals surface area (Å²) in [5.41, 5.74) is 7.38. The molecule has 0 aromatic carbocycles. The highest BCUT2D eigenvalue weighted by molar-refractivity contribution is 5.94. The van der Waals surface area contributed by atoms with Crippen molar-refractivity contribution in [2.45, 2.75) is 0 Å². The van der Waals surface area contributed by atoms with Gasteiger partial charge in [0.2, 0.25) is 0 Å². The third kappa shape index (κ3) is 1.38. The lowest BCUT2D eigenvalue weighted by Crippen LogP contribution is -2.36. The summed E-state index contributed by atoms with van der Waals surface area (Å²) >= 11 is 0. The molecule has 0 radical (unpaired) electrons. The summed E-state index contributed by atoms with van der Waals surface area (Å²) in [6.45, 7) is 3.11.